The second-order valence-electron chi connectivity index (χ2n) is 4.09. The van der Waals surface area contributed by atoms with Crippen molar-refractivity contribution >= 4 is 21.6 Å². The van der Waals surface area contributed by atoms with Crippen molar-refractivity contribution in [1.82, 2.24) is 0 Å². The fraction of sp³-hybridized carbons (Fsp3) is 0.538. The molecule has 0 radical (unpaired) electrons. The first-order valence-electron chi connectivity index (χ1n) is 5.92. The highest BCUT2D eigenvalue weighted by atomic mass is 79.9. The number of aliphatic hydroxyl groups is 2. The van der Waals surface area contributed by atoms with E-state index in [1.54, 1.807) is 14.0 Å². The molecule has 1 unspecified atom stereocenters. The van der Waals surface area contributed by atoms with Crippen molar-refractivity contribution in [2.24, 2.45) is 0 Å². The molecule has 1 aromatic carbocycles. The number of nitrogens with zero attached hydrogens (tertiary/aromatic N) is 1. The third kappa shape index (κ3) is 4.24. The average Bonchev–Trinajstić information content (AvgIpc) is 2.33. The van der Waals surface area contributed by atoms with Gasteiger partial charge in [-0.15, -0.1) is 0 Å². The fourth-order valence-corrected chi connectivity index (χ4v) is 2.44. The van der Waals surface area contributed by atoms with E-state index in [2.05, 4.69) is 15.9 Å². The van der Waals surface area contributed by atoms with E-state index in [0.29, 0.717) is 13.2 Å². The number of halogens is 1. The molecule has 0 amide bonds. The highest BCUT2D eigenvalue weighted by Crippen LogP contribution is 2.28. The van der Waals surface area contributed by atoms with Crippen LogP contribution in [0.2, 0.25) is 0 Å². The molecular weight excluding hydrogens is 298 g/mol. The monoisotopic (exact) mass is 317 g/mol. The van der Waals surface area contributed by atoms with E-state index in [1.165, 1.54) is 0 Å². The predicted molar refractivity (Wildman–Crippen MR) is 76.0 cm³/mol. The Hall–Kier alpha value is -0.620. The van der Waals surface area contributed by atoms with E-state index in [1.807, 2.05) is 23.1 Å². The lowest BCUT2D eigenvalue weighted by Crippen LogP contribution is -2.30. The summed E-state index contributed by atoms with van der Waals surface area (Å²) in [5, 5.41) is 18.7. The van der Waals surface area contributed by atoms with Crippen LogP contribution in [0.3, 0.4) is 0 Å². The number of hydrogen-bond donors (Lipinski definition) is 2. The zero-order chi connectivity index (χ0) is 13.5. The topological polar surface area (TPSA) is 52.9 Å². The number of benzene rings is 1. The van der Waals surface area contributed by atoms with Gasteiger partial charge in [-0.2, -0.15) is 0 Å². The molecule has 2 N–H and O–H groups in total. The lowest BCUT2D eigenvalue weighted by Gasteiger charge is -2.24. The van der Waals surface area contributed by atoms with E-state index in [4.69, 9.17) is 9.84 Å². The minimum atomic E-state index is -0.501. The number of hydrogen-bond acceptors (Lipinski definition) is 4. The third-order valence-electron chi connectivity index (χ3n) is 2.73. The predicted octanol–water partition coefficient (Wildman–Crippen LogP) is 1.95. The van der Waals surface area contributed by atoms with Crippen LogP contribution >= 0.6 is 15.9 Å². The first-order chi connectivity index (χ1) is 8.60. The lowest BCUT2D eigenvalue weighted by atomic mass is 10.1. The molecule has 1 aromatic rings. The lowest BCUT2D eigenvalue weighted by molar-refractivity contribution is 0.198. The first kappa shape index (κ1) is 15.4. The van der Waals surface area contributed by atoms with Gasteiger partial charge in [-0.25, -0.2) is 0 Å². The van der Waals surface area contributed by atoms with Crippen molar-refractivity contribution in [3.05, 3.63) is 28.2 Å². The van der Waals surface area contributed by atoms with Crippen molar-refractivity contribution < 1.29 is 14.9 Å². The zero-order valence-electron chi connectivity index (χ0n) is 10.8. The van der Waals surface area contributed by atoms with Gasteiger partial charge < -0.3 is 19.8 Å². The molecular formula is C13H20BrNO3. The van der Waals surface area contributed by atoms with Crippen LogP contribution < -0.4 is 4.90 Å². The third-order valence-corrected chi connectivity index (χ3v) is 3.42. The summed E-state index contributed by atoms with van der Waals surface area (Å²) in [6.45, 7) is 3.72. The Morgan fingerprint density at radius 3 is 2.61 bits per heavy atom. The molecule has 0 aliphatic carbocycles. The van der Waals surface area contributed by atoms with Crippen LogP contribution in [0.4, 0.5) is 5.69 Å². The summed E-state index contributed by atoms with van der Waals surface area (Å²) in [6.07, 6.45) is -0.501. The molecule has 0 aliphatic heterocycles. The second kappa shape index (κ2) is 7.74. The van der Waals surface area contributed by atoms with Crippen LogP contribution in [0, 0.1) is 0 Å². The van der Waals surface area contributed by atoms with Crippen LogP contribution in [0.15, 0.2) is 22.7 Å². The van der Waals surface area contributed by atoms with Gasteiger partial charge in [0.05, 0.1) is 19.3 Å². The maximum atomic E-state index is 9.58. The van der Waals surface area contributed by atoms with Crippen molar-refractivity contribution in [2.75, 3.05) is 38.3 Å². The highest BCUT2D eigenvalue weighted by Gasteiger charge is 2.10. The minimum Gasteiger partial charge on any atom is -0.395 e. The van der Waals surface area contributed by atoms with Gasteiger partial charge in [0.1, 0.15) is 0 Å². The molecule has 0 heterocycles. The number of aliphatic hydroxyl groups excluding tert-OH is 2. The van der Waals surface area contributed by atoms with E-state index in [0.717, 1.165) is 22.3 Å². The van der Waals surface area contributed by atoms with Gasteiger partial charge in [0.15, 0.2) is 0 Å². The Bertz CT molecular complexity index is 371. The van der Waals surface area contributed by atoms with Crippen molar-refractivity contribution in [2.45, 2.75) is 13.0 Å². The van der Waals surface area contributed by atoms with E-state index in [-0.39, 0.29) is 6.61 Å². The molecule has 5 heteroatoms. The zero-order valence-corrected chi connectivity index (χ0v) is 12.4. The first-order valence-corrected chi connectivity index (χ1v) is 6.71. The van der Waals surface area contributed by atoms with E-state index < -0.39 is 6.10 Å². The Morgan fingerprint density at radius 2 is 2.11 bits per heavy atom. The molecule has 0 bridgehead atoms. The summed E-state index contributed by atoms with van der Waals surface area (Å²) >= 11 is 3.45. The molecule has 0 aliphatic rings. The molecule has 0 saturated carbocycles. The SMILES string of the molecule is COCCN(CCO)c1ccc(C(C)O)c(Br)c1. The van der Waals surface area contributed by atoms with Crippen molar-refractivity contribution in [3.8, 4) is 0 Å². The maximum absolute atomic E-state index is 9.58. The Morgan fingerprint density at radius 1 is 1.39 bits per heavy atom. The fourth-order valence-electron chi connectivity index (χ4n) is 1.74. The summed E-state index contributed by atoms with van der Waals surface area (Å²) in [4.78, 5) is 2.04. The van der Waals surface area contributed by atoms with E-state index in [9.17, 15) is 5.11 Å². The normalized spacial score (nSPS) is 12.5. The van der Waals surface area contributed by atoms with Gasteiger partial charge in [0.25, 0.3) is 0 Å². The smallest absolute Gasteiger partial charge is 0.0772 e. The quantitative estimate of drug-likeness (QED) is 0.807. The van der Waals surface area contributed by atoms with Crippen LogP contribution in [0.25, 0.3) is 0 Å². The standard InChI is InChI=1S/C13H20BrNO3/c1-10(17)12-4-3-11(9-13(12)14)15(5-7-16)6-8-18-2/h3-4,9-10,16-17H,5-8H2,1-2H3. The summed E-state index contributed by atoms with van der Waals surface area (Å²) in [5.41, 5.74) is 1.85. The van der Waals surface area contributed by atoms with Gasteiger partial charge in [-0.3, -0.25) is 0 Å². The number of anilines is 1. The number of methoxy groups -OCH3 is 1. The molecule has 0 fully saturated rings. The Kier molecular flexibility index (Phi) is 6.63. The number of rotatable bonds is 7. The van der Waals surface area contributed by atoms with Gasteiger partial charge >= 0.3 is 0 Å². The summed E-state index contributed by atoms with van der Waals surface area (Å²) in [5.74, 6) is 0. The van der Waals surface area contributed by atoms with Crippen LogP contribution in [0.1, 0.15) is 18.6 Å². The van der Waals surface area contributed by atoms with Gasteiger partial charge in [-0.1, -0.05) is 22.0 Å². The molecule has 1 atom stereocenters. The van der Waals surface area contributed by atoms with Crippen LogP contribution in [0.5, 0.6) is 0 Å². The van der Waals surface area contributed by atoms with Crippen molar-refractivity contribution in [3.63, 3.8) is 0 Å². The molecule has 102 valence electrons. The maximum Gasteiger partial charge on any atom is 0.0772 e. The Balaban J connectivity index is 2.88. The molecule has 1 rings (SSSR count). The summed E-state index contributed by atoms with van der Waals surface area (Å²) < 4.78 is 5.93. The number of ether oxygens (including phenoxy) is 1. The Labute approximate surface area is 116 Å². The van der Waals surface area contributed by atoms with Crippen molar-refractivity contribution in [1.29, 1.82) is 0 Å². The van der Waals surface area contributed by atoms with Gasteiger partial charge in [0, 0.05) is 30.4 Å². The van der Waals surface area contributed by atoms with Gasteiger partial charge in [-0.05, 0) is 24.6 Å². The largest absolute Gasteiger partial charge is 0.395 e. The van der Waals surface area contributed by atoms with Crippen LogP contribution in [-0.2, 0) is 4.74 Å². The second-order valence-corrected chi connectivity index (χ2v) is 4.94. The van der Waals surface area contributed by atoms with E-state index >= 15 is 0 Å². The molecule has 18 heavy (non-hydrogen) atoms. The molecule has 0 aromatic heterocycles. The molecule has 4 nitrogen and oxygen atoms in total. The minimum absolute atomic E-state index is 0.0967. The molecule has 0 saturated heterocycles. The van der Waals surface area contributed by atoms with Gasteiger partial charge in [0.2, 0.25) is 0 Å². The highest BCUT2D eigenvalue weighted by molar-refractivity contribution is 9.10. The summed E-state index contributed by atoms with van der Waals surface area (Å²) in [7, 11) is 1.66. The molecule has 0 spiro atoms. The average molecular weight is 318 g/mol. The van der Waals surface area contributed by atoms with Crippen LogP contribution in [-0.4, -0.2) is 43.6 Å². The summed E-state index contributed by atoms with van der Waals surface area (Å²) in [6, 6.07) is 5.78.